The quantitative estimate of drug-likeness (QED) is 0.178. The van der Waals surface area contributed by atoms with E-state index in [0.29, 0.717) is 11.8 Å². The van der Waals surface area contributed by atoms with E-state index >= 15 is 0 Å². The van der Waals surface area contributed by atoms with E-state index in [4.69, 9.17) is 4.55 Å². The van der Waals surface area contributed by atoms with Crippen LogP contribution in [0.4, 0.5) is 5.69 Å². The topological polar surface area (TPSA) is 151 Å². The van der Waals surface area contributed by atoms with Gasteiger partial charge in [-0.1, -0.05) is 30.3 Å². The molecule has 0 saturated carbocycles. The third-order valence-electron chi connectivity index (χ3n) is 4.43. The normalized spacial score (nSPS) is 10.6. The van der Waals surface area contributed by atoms with Crippen LogP contribution in [0.2, 0.25) is 0 Å². The van der Waals surface area contributed by atoms with Crippen molar-refractivity contribution < 1.29 is 49.1 Å². The molecule has 0 bridgehead atoms. The summed E-state index contributed by atoms with van der Waals surface area (Å²) in [5.74, 6) is -3.77. The van der Waals surface area contributed by atoms with Crippen molar-refractivity contribution in [3.8, 4) is 0 Å². The molecule has 0 saturated heterocycles. The van der Waals surface area contributed by atoms with E-state index in [1.54, 1.807) is 53.4 Å². The Balaban J connectivity index is 0.00000456. The fourth-order valence-electron chi connectivity index (χ4n) is 2.96. The Hall–Kier alpha value is -3.58. The monoisotopic (exact) mass is 549 g/mol. The Morgan fingerprint density at radius 2 is 1.44 bits per heavy atom. The van der Waals surface area contributed by atoms with Crippen molar-refractivity contribution in [2.75, 3.05) is 11.1 Å². The number of amides is 3. The highest BCUT2D eigenvalue weighted by Gasteiger charge is 2.21. The number of thioether (sulfide) groups is 1. The molecule has 188 valence electrons. The van der Waals surface area contributed by atoms with Crippen LogP contribution in [0.25, 0.3) is 0 Å². The summed E-state index contributed by atoms with van der Waals surface area (Å²) >= 11 is 0.702. The average molecular weight is 550 g/mol. The molecule has 10 nitrogen and oxygen atoms in total. The lowest BCUT2D eigenvalue weighted by atomic mass is 10.2. The van der Waals surface area contributed by atoms with Gasteiger partial charge >= 0.3 is 0 Å². The predicted molar refractivity (Wildman–Crippen MR) is 127 cm³/mol. The lowest BCUT2D eigenvalue weighted by molar-refractivity contribution is -0.684. The number of imide groups is 1. The van der Waals surface area contributed by atoms with E-state index in [-0.39, 0.29) is 46.6 Å². The standard InChI is InChI=1S/C23H19N3O7S2.ClH/c27-20(14-26-12-6-1-7-13-26)24-18-10-4-2-8-16(18)23(30)34-19-11-5-3-9-17(19)22(29)25-21(28)15-35(31,32)33;/h1-13H,14-15H2,(H2-,24,25,27,28,29,30,31,32,33);1H. The number of pyridine rings is 1. The Labute approximate surface area is 217 Å². The second-order valence-corrected chi connectivity index (χ2v) is 9.60. The van der Waals surface area contributed by atoms with Crippen LogP contribution < -0.4 is 27.6 Å². The molecule has 0 radical (unpaired) electrons. The molecule has 1 heterocycles. The van der Waals surface area contributed by atoms with Crippen LogP contribution in [0.3, 0.4) is 0 Å². The van der Waals surface area contributed by atoms with Crippen molar-refractivity contribution in [2.45, 2.75) is 11.4 Å². The van der Waals surface area contributed by atoms with Gasteiger partial charge < -0.3 is 17.7 Å². The number of hydrogen-bond acceptors (Lipinski definition) is 7. The molecule has 3 N–H and O–H groups in total. The van der Waals surface area contributed by atoms with Crippen molar-refractivity contribution in [3.63, 3.8) is 0 Å². The summed E-state index contributed by atoms with van der Waals surface area (Å²) in [4.78, 5) is 49.9. The zero-order valence-corrected chi connectivity index (χ0v) is 20.8. The summed E-state index contributed by atoms with van der Waals surface area (Å²) in [6, 6.07) is 17.7. The maximum atomic E-state index is 13.1. The van der Waals surface area contributed by atoms with Gasteiger partial charge in [0.1, 0.15) is 0 Å². The van der Waals surface area contributed by atoms with Gasteiger partial charge in [-0.05, 0) is 36.0 Å². The first-order valence-corrected chi connectivity index (χ1v) is 12.5. The van der Waals surface area contributed by atoms with E-state index in [1.165, 1.54) is 24.3 Å². The molecule has 1 aromatic heterocycles. The number of carbonyl (C=O) groups is 4. The van der Waals surface area contributed by atoms with Gasteiger partial charge in [0, 0.05) is 17.0 Å². The van der Waals surface area contributed by atoms with Gasteiger partial charge in [0.15, 0.2) is 18.1 Å². The number of halogens is 1. The summed E-state index contributed by atoms with van der Waals surface area (Å²) in [7, 11) is -4.61. The average Bonchev–Trinajstić information content (AvgIpc) is 2.79. The number of anilines is 1. The van der Waals surface area contributed by atoms with Crippen molar-refractivity contribution in [1.82, 2.24) is 5.32 Å². The van der Waals surface area contributed by atoms with E-state index in [9.17, 15) is 27.6 Å². The van der Waals surface area contributed by atoms with Gasteiger partial charge in [0.2, 0.25) is 17.6 Å². The minimum absolute atomic E-state index is 0. The maximum absolute atomic E-state index is 13.1. The SMILES string of the molecule is O=C(CS(=O)(=O)O)NC(=O)c1ccccc1SC(=O)c1ccccc1NC(=O)C[n+]1ccccc1.[Cl-]. The van der Waals surface area contributed by atoms with Crippen LogP contribution in [0, 0.1) is 0 Å². The maximum Gasteiger partial charge on any atom is 0.290 e. The van der Waals surface area contributed by atoms with Crippen molar-refractivity contribution in [1.29, 1.82) is 0 Å². The first-order chi connectivity index (χ1) is 16.6. The number of aromatic nitrogens is 1. The summed E-state index contributed by atoms with van der Waals surface area (Å²) in [5, 5.41) is 4.10. The molecule has 3 amide bonds. The zero-order chi connectivity index (χ0) is 25.4. The highest BCUT2D eigenvalue weighted by Crippen LogP contribution is 2.29. The van der Waals surface area contributed by atoms with Crippen molar-refractivity contribution in [3.05, 3.63) is 90.3 Å². The van der Waals surface area contributed by atoms with E-state index in [2.05, 4.69) is 5.32 Å². The van der Waals surface area contributed by atoms with Gasteiger partial charge in [-0.25, -0.2) is 0 Å². The molecule has 0 unspecified atom stereocenters. The molecule has 13 heteroatoms. The van der Waals surface area contributed by atoms with Crippen molar-refractivity contribution in [2.24, 2.45) is 0 Å². The number of carbonyl (C=O) groups excluding carboxylic acids is 4. The second-order valence-electron chi connectivity index (χ2n) is 7.13. The summed E-state index contributed by atoms with van der Waals surface area (Å²) in [5.41, 5.74) is 0.440. The highest BCUT2D eigenvalue weighted by molar-refractivity contribution is 8.14. The fourth-order valence-corrected chi connectivity index (χ4v) is 4.27. The lowest BCUT2D eigenvalue weighted by Gasteiger charge is -2.11. The number of rotatable bonds is 8. The Bertz CT molecular complexity index is 1380. The Morgan fingerprint density at radius 3 is 2.11 bits per heavy atom. The van der Waals surface area contributed by atoms with Crippen LogP contribution in [0.5, 0.6) is 0 Å². The van der Waals surface area contributed by atoms with E-state index in [1.807, 2.05) is 11.4 Å². The first kappa shape index (κ1) is 28.7. The molecular weight excluding hydrogens is 530 g/mol. The van der Waals surface area contributed by atoms with E-state index < -0.39 is 32.8 Å². The van der Waals surface area contributed by atoms with Crippen LogP contribution in [-0.4, -0.2) is 41.6 Å². The second kappa shape index (κ2) is 12.9. The minimum atomic E-state index is -4.61. The minimum Gasteiger partial charge on any atom is -1.00 e. The molecule has 3 rings (SSSR count). The largest absolute Gasteiger partial charge is 1.00 e. The molecule has 2 aromatic carbocycles. The molecule has 36 heavy (non-hydrogen) atoms. The molecule has 0 aliphatic heterocycles. The van der Waals surface area contributed by atoms with E-state index in [0.717, 1.165) is 0 Å². The third-order valence-corrected chi connectivity index (χ3v) is 6.03. The predicted octanol–water partition coefficient (Wildman–Crippen LogP) is -1.31. The summed E-state index contributed by atoms with van der Waals surface area (Å²) in [6.45, 7) is 0.0388. The lowest BCUT2D eigenvalue weighted by Crippen LogP contribution is -3.00. The highest BCUT2D eigenvalue weighted by atomic mass is 35.5. The van der Waals surface area contributed by atoms with Crippen LogP contribution in [-0.2, 0) is 26.3 Å². The van der Waals surface area contributed by atoms with Crippen LogP contribution in [0.15, 0.2) is 84.0 Å². The Kier molecular flexibility index (Phi) is 10.3. The van der Waals surface area contributed by atoms with Crippen molar-refractivity contribution >= 4 is 50.4 Å². The molecule has 0 atom stereocenters. The third kappa shape index (κ3) is 8.57. The number of nitrogens with one attached hydrogen (secondary N) is 2. The first-order valence-electron chi connectivity index (χ1n) is 10.1. The fraction of sp³-hybridized carbons (Fsp3) is 0.0870. The molecule has 3 aromatic rings. The van der Waals surface area contributed by atoms with Gasteiger partial charge in [-0.2, -0.15) is 13.0 Å². The molecular formula is C23H20ClN3O7S2. The molecule has 0 aliphatic rings. The smallest absolute Gasteiger partial charge is 0.290 e. The van der Waals surface area contributed by atoms with Crippen LogP contribution in [0.1, 0.15) is 20.7 Å². The summed E-state index contributed by atoms with van der Waals surface area (Å²) < 4.78 is 32.1. The van der Waals surface area contributed by atoms with Gasteiger partial charge in [-0.15, -0.1) is 0 Å². The number of hydrogen-bond donors (Lipinski definition) is 3. The molecule has 0 spiro atoms. The van der Waals surface area contributed by atoms with Gasteiger partial charge in [0.05, 0.1) is 16.8 Å². The summed E-state index contributed by atoms with van der Waals surface area (Å²) in [6.07, 6.45) is 3.46. The molecule has 0 aliphatic carbocycles. The Morgan fingerprint density at radius 1 is 0.833 bits per heavy atom. The van der Waals surface area contributed by atoms with Gasteiger partial charge in [0.25, 0.3) is 21.9 Å². The zero-order valence-electron chi connectivity index (χ0n) is 18.5. The number of para-hydroxylation sites is 1. The number of nitrogens with zero attached hydrogens (tertiary/aromatic N) is 1. The van der Waals surface area contributed by atoms with Gasteiger partial charge in [-0.3, -0.25) is 29.0 Å². The van der Waals surface area contributed by atoms with Crippen LogP contribution >= 0.6 is 11.8 Å². The molecule has 0 fully saturated rings. The number of benzene rings is 2.